The maximum Gasteiger partial charge on any atom is 0.412 e. The number of nitrogens with one attached hydrogen (secondary N) is 2. The quantitative estimate of drug-likeness (QED) is 0.597. The molecule has 32 heavy (non-hydrogen) atoms. The molecule has 0 atom stereocenters. The van der Waals surface area contributed by atoms with Crippen molar-refractivity contribution in [3.05, 3.63) is 65.5 Å². The number of aryl methyl sites for hydroxylation is 1. The molecule has 8 heteroatoms. The highest BCUT2D eigenvalue weighted by molar-refractivity contribution is 6.35. The van der Waals surface area contributed by atoms with Crippen molar-refractivity contribution in [1.29, 1.82) is 0 Å². The summed E-state index contributed by atoms with van der Waals surface area (Å²) >= 11 is 0. The average Bonchev–Trinajstić information content (AvgIpc) is 3.21. The van der Waals surface area contributed by atoms with Gasteiger partial charge in [0.2, 0.25) is 5.78 Å². The van der Waals surface area contributed by atoms with Crippen LogP contribution >= 0.6 is 0 Å². The van der Waals surface area contributed by atoms with Gasteiger partial charge in [-0.2, -0.15) is 0 Å². The molecule has 1 aromatic carbocycles. The molecule has 8 nitrogen and oxygen atoms in total. The lowest BCUT2D eigenvalue weighted by Crippen LogP contribution is -2.38. The lowest BCUT2D eigenvalue weighted by molar-refractivity contribution is -0.143. The molecule has 0 unspecified atom stereocenters. The molecule has 0 spiro atoms. The molecule has 3 aromatic rings. The number of hydrogen-bond donors (Lipinski definition) is 2. The van der Waals surface area contributed by atoms with Crippen LogP contribution in [0.3, 0.4) is 0 Å². The van der Waals surface area contributed by atoms with Crippen LogP contribution in [0.2, 0.25) is 0 Å². The van der Waals surface area contributed by atoms with Gasteiger partial charge >= 0.3 is 6.09 Å². The zero-order valence-electron chi connectivity index (χ0n) is 18.0. The first kappa shape index (κ1) is 21.3. The van der Waals surface area contributed by atoms with Crippen LogP contribution in [-0.4, -0.2) is 45.7 Å². The monoisotopic (exact) mass is 432 g/mol. The number of rotatable bonds is 5. The van der Waals surface area contributed by atoms with E-state index in [1.807, 2.05) is 49.5 Å². The Labute approximate surface area is 185 Å². The first-order chi connectivity index (χ1) is 15.4. The van der Waals surface area contributed by atoms with Crippen LogP contribution in [0.1, 0.15) is 30.0 Å². The number of amides is 2. The number of nitrogens with zero attached hydrogens (tertiary/aromatic N) is 2. The minimum absolute atomic E-state index is 0.186. The molecule has 2 aromatic heterocycles. The number of carbonyl (C=O) groups excluding carboxylic acids is 3. The third kappa shape index (κ3) is 4.54. The van der Waals surface area contributed by atoms with E-state index < -0.39 is 17.8 Å². The zero-order chi connectivity index (χ0) is 22.7. The van der Waals surface area contributed by atoms with Gasteiger partial charge in [-0.15, -0.1) is 0 Å². The zero-order valence-corrected chi connectivity index (χ0v) is 18.0. The van der Waals surface area contributed by atoms with E-state index in [-0.39, 0.29) is 6.61 Å². The summed E-state index contributed by atoms with van der Waals surface area (Å²) in [6.45, 7) is 4.31. The maximum absolute atomic E-state index is 12.3. The van der Waals surface area contributed by atoms with Gasteiger partial charge < -0.3 is 14.6 Å². The molecular formula is C24H24N4O4. The molecule has 4 rings (SSSR count). The van der Waals surface area contributed by atoms with Gasteiger partial charge in [-0.1, -0.05) is 30.3 Å². The van der Waals surface area contributed by atoms with Crippen LogP contribution < -0.4 is 5.32 Å². The smallest absolute Gasteiger partial charge is 0.412 e. The second-order valence-corrected chi connectivity index (χ2v) is 7.74. The molecule has 0 radical (unpaired) electrons. The van der Waals surface area contributed by atoms with Crippen molar-refractivity contribution >= 4 is 40.1 Å². The highest BCUT2D eigenvalue weighted by Gasteiger charge is 2.22. The number of H-pyrrole nitrogens is 1. The minimum atomic E-state index is -0.554. The number of hydrogen-bond acceptors (Lipinski definition) is 5. The largest absolute Gasteiger partial charge is 0.444 e. The molecule has 2 amide bonds. The van der Waals surface area contributed by atoms with Gasteiger partial charge in [0, 0.05) is 37.2 Å². The predicted octanol–water partition coefficient (Wildman–Crippen LogP) is 3.82. The molecule has 0 saturated carbocycles. The van der Waals surface area contributed by atoms with Gasteiger partial charge in [0.25, 0.3) is 5.91 Å². The fraction of sp³-hybridized carbons (Fsp3) is 0.250. The van der Waals surface area contributed by atoms with E-state index in [0.29, 0.717) is 30.8 Å². The van der Waals surface area contributed by atoms with Crippen molar-refractivity contribution in [2.45, 2.75) is 26.9 Å². The second-order valence-electron chi connectivity index (χ2n) is 7.74. The van der Waals surface area contributed by atoms with Crippen LogP contribution in [-0.2, 0) is 20.9 Å². The highest BCUT2D eigenvalue weighted by atomic mass is 16.5. The van der Waals surface area contributed by atoms with Crippen molar-refractivity contribution in [3.63, 3.8) is 0 Å². The number of pyridine rings is 1. The van der Waals surface area contributed by atoms with E-state index in [1.54, 1.807) is 6.20 Å². The Bertz CT molecular complexity index is 1230. The van der Waals surface area contributed by atoms with Crippen LogP contribution in [0.4, 0.5) is 10.5 Å². The van der Waals surface area contributed by atoms with Crippen LogP contribution in [0.5, 0.6) is 0 Å². The molecule has 164 valence electrons. The molecule has 3 heterocycles. The summed E-state index contributed by atoms with van der Waals surface area (Å²) in [7, 11) is 0. The molecule has 0 bridgehead atoms. The molecule has 2 N–H and O–H groups in total. The average molecular weight is 432 g/mol. The third-order valence-corrected chi connectivity index (χ3v) is 5.54. The van der Waals surface area contributed by atoms with Crippen LogP contribution in [0.25, 0.3) is 16.6 Å². The van der Waals surface area contributed by atoms with Crippen molar-refractivity contribution in [2.75, 3.05) is 18.4 Å². The Hall–Kier alpha value is -3.94. The van der Waals surface area contributed by atoms with E-state index in [1.165, 1.54) is 11.8 Å². The SMILES string of the molecule is CC(=O)C(=O)N1CC=C(c2c[nH]c3ncc(NC(=O)OCc4ccccc4C)cc23)CC1. The molecule has 1 aliphatic rings. The summed E-state index contributed by atoms with van der Waals surface area (Å²) in [5, 5.41) is 3.59. The molecule has 0 aliphatic carbocycles. The summed E-state index contributed by atoms with van der Waals surface area (Å²) in [6.07, 6.45) is 5.46. The van der Waals surface area contributed by atoms with Gasteiger partial charge in [0.05, 0.1) is 11.9 Å². The summed E-state index contributed by atoms with van der Waals surface area (Å²) in [5.41, 5.74) is 5.25. The molecule has 0 fully saturated rings. The molecular weight excluding hydrogens is 408 g/mol. The Morgan fingerprint density at radius 3 is 2.78 bits per heavy atom. The number of carbonyl (C=O) groups is 3. The lowest BCUT2D eigenvalue weighted by atomic mass is 9.99. The third-order valence-electron chi connectivity index (χ3n) is 5.54. The fourth-order valence-corrected chi connectivity index (χ4v) is 3.73. The van der Waals surface area contributed by atoms with E-state index in [0.717, 1.165) is 27.6 Å². The van der Waals surface area contributed by atoms with E-state index in [4.69, 9.17) is 4.74 Å². The highest BCUT2D eigenvalue weighted by Crippen LogP contribution is 2.30. The Balaban J connectivity index is 1.46. The summed E-state index contributed by atoms with van der Waals surface area (Å²) in [5.74, 6) is -0.917. The number of aromatic amines is 1. The van der Waals surface area contributed by atoms with Gasteiger partial charge in [-0.05, 0) is 36.1 Å². The number of Topliss-reactive ketones (excluding diaryl/α,β-unsaturated/α-hetero) is 1. The number of ether oxygens (including phenoxy) is 1. The summed E-state index contributed by atoms with van der Waals surface area (Å²) in [6, 6.07) is 9.58. The van der Waals surface area contributed by atoms with Crippen molar-refractivity contribution in [2.24, 2.45) is 0 Å². The first-order valence-electron chi connectivity index (χ1n) is 10.4. The normalized spacial score (nSPS) is 13.6. The van der Waals surface area contributed by atoms with Gasteiger partial charge in [0.15, 0.2) is 0 Å². The number of anilines is 1. The Kier molecular flexibility index (Phi) is 6.02. The van der Waals surface area contributed by atoms with Crippen LogP contribution in [0, 0.1) is 6.92 Å². The van der Waals surface area contributed by atoms with E-state index in [9.17, 15) is 14.4 Å². The number of ketones is 1. The fourth-order valence-electron chi connectivity index (χ4n) is 3.73. The van der Waals surface area contributed by atoms with E-state index in [2.05, 4.69) is 15.3 Å². The van der Waals surface area contributed by atoms with Crippen molar-refractivity contribution in [1.82, 2.24) is 14.9 Å². The number of benzene rings is 1. The topological polar surface area (TPSA) is 104 Å². The summed E-state index contributed by atoms with van der Waals surface area (Å²) in [4.78, 5) is 44.6. The maximum atomic E-state index is 12.3. The molecule has 1 aliphatic heterocycles. The number of fused-ring (bicyclic) bond motifs is 1. The number of aromatic nitrogens is 2. The van der Waals surface area contributed by atoms with Gasteiger partial charge in [-0.3, -0.25) is 14.9 Å². The van der Waals surface area contributed by atoms with Gasteiger partial charge in [-0.25, -0.2) is 9.78 Å². The predicted molar refractivity (Wildman–Crippen MR) is 121 cm³/mol. The van der Waals surface area contributed by atoms with Crippen molar-refractivity contribution < 1.29 is 19.1 Å². The first-order valence-corrected chi connectivity index (χ1v) is 10.4. The van der Waals surface area contributed by atoms with Crippen molar-refractivity contribution in [3.8, 4) is 0 Å². The Morgan fingerprint density at radius 1 is 1.25 bits per heavy atom. The minimum Gasteiger partial charge on any atom is -0.444 e. The Morgan fingerprint density at radius 2 is 2.06 bits per heavy atom. The summed E-state index contributed by atoms with van der Waals surface area (Å²) < 4.78 is 5.34. The molecule has 0 saturated heterocycles. The van der Waals surface area contributed by atoms with Crippen LogP contribution in [0.15, 0.2) is 48.8 Å². The van der Waals surface area contributed by atoms with Gasteiger partial charge in [0.1, 0.15) is 12.3 Å². The lowest BCUT2D eigenvalue weighted by Gasteiger charge is -2.25. The standard InChI is InChI=1S/C24H24N4O4/c1-15-5-3-4-6-18(15)14-32-24(31)27-19-11-20-21(13-26-22(20)25-12-19)17-7-9-28(10-8-17)23(30)16(2)29/h3-7,11-13H,8-10,14H2,1-2H3,(H,25,26)(H,27,31). The second kappa shape index (κ2) is 9.05. The van der Waals surface area contributed by atoms with E-state index >= 15 is 0 Å².